The second-order valence-corrected chi connectivity index (χ2v) is 12.1. The predicted molar refractivity (Wildman–Crippen MR) is 136 cm³/mol. The first-order valence-corrected chi connectivity index (χ1v) is 13.3. The lowest BCUT2D eigenvalue weighted by Gasteiger charge is -2.58. The molecule has 0 saturated heterocycles. The third kappa shape index (κ3) is 3.48. The van der Waals surface area contributed by atoms with Crippen molar-refractivity contribution in [3.63, 3.8) is 0 Å². The second-order valence-electron chi connectivity index (χ2n) is 11.1. The monoisotopic (exact) mass is 458 g/mol. The van der Waals surface area contributed by atoms with Gasteiger partial charge in [0.25, 0.3) is 5.56 Å². The van der Waals surface area contributed by atoms with E-state index < -0.39 is 0 Å². The number of rotatable bonds is 3. The van der Waals surface area contributed by atoms with Crippen LogP contribution in [0.25, 0.3) is 10.4 Å². The molecule has 1 saturated carbocycles. The molecule has 0 amide bonds. The van der Waals surface area contributed by atoms with Crippen molar-refractivity contribution in [1.82, 2.24) is 4.98 Å². The van der Waals surface area contributed by atoms with E-state index in [-0.39, 0.29) is 22.0 Å². The molecular weight excluding hydrogens is 424 g/mol. The fraction of sp³-hybridized carbons (Fsp3) is 0.517. The Balaban J connectivity index is 1.61. The number of nitrogens with one attached hydrogen (secondary N) is 1. The molecule has 0 aromatic carbocycles. The quantitative estimate of drug-likeness (QED) is 0.522. The second kappa shape index (κ2) is 8.13. The van der Waals surface area contributed by atoms with Gasteiger partial charge in [0.1, 0.15) is 11.6 Å². The number of fused-ring (bicyclic) bond motifs is 3. The van der Waals surface area contributed by atoms with Gasteiger partial charge in [-0.15, -0.1) is 11.3 Å². The number of nitrogens with zero attached hydrogens (tertiary/aromatic N) is 1. The maximum absolute atomic E-state index is 13.0. The van der Waals surface area contributed by atoms with E-state index in [0.717, 1.165) is 29.0 Å². The Morgan fingerprint density at radius 3 is 2.79 bits per heavy atom. The van der Waals surface area contributed by atoms with Crippen molar-refractivity contribution >= 4 is 11.3 Å². The Hall–Kier alpha value is -2.38. The van der Waals surface area contributed by atoms with Gasteiger partial charge in [-0.2, -0.15) is 5.26 Å². The fourth-order valence-electron chi connectivity index (χ4n) is 7.27. The number of thiophene rings is 1. The fourth-order valence-corrected chi connectivity index (χ4v) is 8.02. The normalized spacial score (nSPS) is 31.3. The largest absolute Gasteiger partial charge is 0.324 e. The first-order valence-electron chi connectivity index (χ1n) is 12.4. The Kier molecular flexibility index (Phi) is 5.52. The van der Waals surface area contributed by atoms with Crippen molar-refractivity contribution in [2.75, 3.05) is 0 Å². The summed E-state index contributed by atoms with van der Waals surface area (Å²) in [5.74, 6) is 1.69. The van der Waals surface area contributed by atoms with Crippen molar-refractivity contribution in [3.8, 4) is 16.5 Å². The Morgan fingerprint density at radius 1 is 1.27 bits per heavy atom. The molecule has 3 aliphatic carbocycles. The highest BCUT2D eigenvalue weighted by atomic mass is 32.1. The van der Waals surface area contributed by atoms with E-state index in [4.69, 9.17) is 0 Å². The number of pyridine rings is 1. The zero-order valence-corrected chi connectivity index (χ0v) is 21.0. The summed E-state index contributed by atoms with van der Waals surface area (Å²) in [5, 5.41) is 11.7. The van der Waals surface area contributed by atoms with Gasteiger partial charge in [-0.1, -0.05) is 57.9 Å². The molecule has 1 fully saturated rings. The third-order valence-corrected chi connectivity index (χ3v) is 10.0. The molecule has 2 aromatic rings. The summed E-state index contributed by atoms with van der Waals surface area (Å²) in [6.45, 7) is 9.50. The minimum Gasteiger partial charge on any atom is -0.324 e. The molecule has 0 aliphatic heterocycles. The highest BCUT2D eigenvalue weighted by Crippen LogP contribution is 2.62. The Labute approximate surface area is 201 Å². The molecular formula is C29H34N2OS. The molecule has 3 aliphatic rings. The summed E-state index contributed by atoms with van der Waals surface area (Å²) in [5.41, 5.74) is 5.04. The van der Waals surface area contributed by atoms with Crippen LogP contribution in [-0.2, 0) is 5.41 Å². The minimum absolute atomic E-state index is 0.115. The molecule has 0 bridgehead atoms. The lowest BCUT2D eigenvalue weighted by atomic mass is 9.46. The highest BCUT2D eigenvalue weighted by Gasteiger charge is 2.55. The van der Waals surface area contributed by atoms with Crippen molar-refractivity contribution < 1.29 is 0 Å². The van der Waals surface area contributed by atoms with E-state index in [1.807, 2.05) is 17.5 Å². The predicted octanol–water partition coefficient (Wildman–Crippen LogP) is 7.36. The van der Waals surface area contributed by atoms with Crippen LogP contribution in [0.3, 0.4) is 0 Å². The van der Waals surface area contributed by atoms with E-state index in [0.29, 0.717) is 17.8 Å². The zero-order valence-electron chi connectivity index (χ0n) is 20.2. The molecule has 2 aromatic heterocycles. The number of H-pyrrole nitrogens is 1. The summed E-state index contributed by atoms with van der Waals surface area (Å²) >= 11 is 1.59. The number of hydrogen-bond donors (Lipinski definition) is 1. The average Bonchev–Trinajstić information content (AvgIpc) is 3.33. The Bertz CT molecular complexity index is 1230. The van der Waals surface area contributed by atoms with Crippen LogP contribution in [0.1, 0.15) is 77.5 Å². The van der Waals surface area contributed by atoms with Crippen LogP contribution in [0.2, 0.25) is 0 Å². The van der Waals surface area contributed by atoms with Crippen LogP contribution in [0, 0.1) is 34.5 Å². The van der Waals surface area contributed by atoms with Crippen LogP contribution >= 0.6 is 11.3 Å². The van der Waals surface area contributed by atoms with Gasteiger partial charge in [-0.25, -0.2) is 0 Å². The smallest absolute Gasteiger partial charge is 0.266 e. The summed E-state index contributed by atoms with van der Waals surface area (Å²) in [6, 6.07) is 8.27. The van der Waals surface area contributed by atoms with Crippen molar-refractivity contribution in [3.05, 3.63) is 68.5 Å². The van der Waals surface area contributed by atoms with E-state index >= 15 is 0 Å². The first-order chi connectivity index (χ1) is 15.8. The van der Waals surface area contributed by atoms with Gasteiger partial charge >= 0.3 is 0 Å². The van der Waals surface area contributed by atoms with Gasteiger partial charge in [0.2, 0.25) is 0 Å². The van der Waals surface area contributed by atoms with Crippen LogP contribution in [0.4, 0.5) is 0 Å². The van der Waals surface area contributed by atoms with Crippen LogP contribution in [0.15, 0.2) is 51.7 Å². The topological polar surface area (TPSA) is 56.6 Å². The SMILES string of the molecule is CC(C)C1=CC2=CCC3C(C)(c4cc(-c5cccs5)c(C#N)c(=O)[nH]4)CCCC3(C)C2CC1. The molecule has 4 heteroatoms. The molecule has 0 spiro atoms. The van der Waals surface area contributed by atoms with E-state index in [1.54, 1.807) is 22.5 Å². The van der Waals surface area contributed by atoms with E-state index in [9.17, 15) is 10.1 Å². The Morgan fingerprint density at radius 2 is 2.09 bits per heavy atom. The average molecular weight is 459 g/mol. The van der Waals surface area contributed by atoms with Crippen molar-refractivity contribution in [1.29, 1.82) is 5.26 Å². The van der Waals surface area contributed by atoms with E-state index in [2.05, 4.69) is 57.0 Å². The third-order valence-electron chi connectivity index (χ3n) is 9.13. The molecule has 1 N–H and O–H groups in total. The van der Waals surface area contributed by atoms with Crippen LogP contribution < -0.4 is 5.56 Å². The summed E-state index contributed by atoms with van der Waals surface area (Å²) in [4.78, 5) is 17.2. The molecule has 172 valence electrons. The highest BCUT2D eigenvalue weighted by molar-refractivity contribution is 7.13. The van der Waals surface area contributed by atoms with Crippen molar-refractivity contribution in [2.24, 2.45) is 23.2 Å². The molecule has 0 radical (unpaired) electrons. The minimum atomic E-state index is -0.249. The standard InChI is InChI=1S/C29H34N2OS/c1-18(2)19-8-10-23-20(15-19)9-11-25-28(23,3)12-6-13-29(25,4)26-16-21(24-7-5-14-33-24)22(17-30)27(32)31-26/h5,7,9,14-16,18,23,25H,6,8,10-13H2,1-4H3,(H,31,32). The molecule has 33 heavy (non-hydrogen) atoms. The maximum Gasteiger partial charge on any atom is 0.266 e. The van der Waals surface area contributed by atoms with Crippen LogP contribution in [-0.4, -0.2) is 4.98 Å². The lowest BCUT2D eigenvalue weighted by molar-refractivity contribution is -0.0106. The molecule has 4 unspecified atom stereocenters. The van der Waals surface area contributed by atoms with E-state index in [1.165, 1.54) is 25.7 Å². The van der Waals surface area contributed by atoms with Gasteiger partial charge in [-0.05, 0) is 78.4 Å². The van der Waals surface area contributed by atoms with Gasteiger partial charge < -0.3 is 4.98 Å². The molecule has 3 nitrogen and oxygen atoms in total. The molecule has 4 atom stereocenters. The number of hydrogen-bond acceptors (Lipinski definition) is 3. The number of allylic oxidation sites excluding steroid dienone is 4. The number of aromatic amines is 1. The first kappa shape index (κ1) is 22.4. The van der Waals surface area contributed by atoms with Crippen LogP contribution in [0.5, 0.6) is 0 Å². The molecule has 5 rings (SSSR count). The van der Waals surface area contributed by atoms with Gasteiger partial charge in [0.15, 0.2) is 0 Å². The summed E-state index contributed by atoms with van der Waals surface area (Å²) in [7, 11) is 0. The van der Waals surface area contributed by atoms with Gasteiger partial charge in [0.05, 0.1) is 0 Å². The lowest BCUT2D eigenvalue weighted by Crippen LogP contribution is -2.52. The maximum atomic E-state index is 13.0. The van der Waals surface area contributed by atoms with Gasteiger partial charge in [-0.3, -0.25) is 4.79 Å². The summed E-state index contributed by atoms with van der Waals surface area (Å²) in [6.07, 6.45) is 12.0. The van der Waals surface area contributed by atoms with Crippen molar-refractivity contribution in [2.45, 2.75) is 71.6 Å². The summed E-state index contributed by atoms with van der Waals surface area (Å²) < 4.78 is 0. The number of aromatic nitrogens is 1. The zero-order chi connectivity index (χ0) is 23.4. The molecule has 2 heterocycles. The van der Waals surface area contributed by atoms with Gasteiger partial charge in [0, 0.05) is 21.5 Å². The number of nitriles is 1.